The Morgan fingerprint density at radius 1 is 1.35 bits per heavy atom. The molecule has 0 unspecified atom stereocenters. The van der Waals surface area contributed by atoms with E-state index < -0.39 is 23.2 Å². The third-order valence-electron chi connectivity index (χ3n) is 2.54. The Kier molecular flexibility index (Phi) is 4.19. The maximum atomic E-state index is 13.5. The number of nitrogens with one attached hydrogen (secondary N) is 2. The first kappa shape index (κ1) is 14.3. The number of hydrogen-bond donors (Lipinski definition) is 3. The number of pyridine rings is 1. The van der Waals surface area contributed by atoms with Crippen LogP contribution in [0.4, 0.5) is 4.39 Å². The van der Waals surface area contributed by atoms with Gasteiger partial charge < -0.3 is 10.4 Å². The molecule has 0 atom stereocenters. The number of benzene rings is 1. The zero-order chi connectivity index (χ0) is 14.7. The van der Waals surface area contributed by atoms with Crippen molar-refractivity contribution >= 4 is 21.8 Å². The monoisotopic (exact) mass is 340 g/mol. The fourth-order valence-corrected chi connectivity index (χ4v) is 2.02. The number of halogens is 2. The van der Waals surface area contributed by atoms with E-state index in [0.717, 1.165) is 12.1 Å². The molecule has 1 aromatic heterocycles. The third-order valence-corrected chi connectivity index (χ3v) is 3.03. The first-order chi connectivity index (χ1) is 9.45. The Morgan fingerprint density at radius 2 is 2.10 bits per heavy atom. The van der Waals surface area contributed by atoms with Gasteiger partial charge in [0.2, 0.25) is 0 Å². The van der Waals surface area contributed by atoms with Crippen LogP contribution < -0.4 is 10.9 Å². The van der Waals surface area contributed by atoms with Crippen molar-refractivity contribution in [1.29, 1.82) is 0 Å². The van der Waals surface area contributed by atoms with E-state index in [2.05, 4.69) is 26.2 Å². The van der Waals surface area contributed by atoms with Crippen LogP contribution in [0.2, 0.25) is 0 Å². The van der Waals surface area contributed by atoms with Crippen LogP contribution >= 0.6 is 15.9 Å². The van der Waals surface area contributed by atoms with Crippen molar-refractivity contribution in [3.05, 3.63) is 62.1 Å². The molecule has 5 nitrogen and oxygen atoms in total. The lowest BCUT2D eigenvalue weighted by Gasteiger charge is -2.07. The molecule has 1 heterocycles. The van der Waals surface area contributed by atoms with Gasteiger partial charge in [-0.2, -0.15) is 0 Å². The number of amides is 1. The summed E-state index contributed by atoms with van der Waals surface area (Å²) in [6.45, 7) is -0.0301. The molecule has 0 aliphatic rings. The molecule has 3 N–H and O–H groups in total. The van der Waals surface area contributed by atoms with Gasteiger partial charge in [-0.1, -0.05) is 15.9 Å². The van der Waals surface area contributed by atoms with Gasteiger partial charge in [0.25, 0.3) is 11.5 Å². The molecule has 0 saturated carbocycles. The van der Waals surface area contributed by atoms with Crippen LogP contribution in [0.1, 0.15) is 15.9 Å². The van der Waals surface area contributed by atoms with Crippen LogP contribution in [-0.4, -0.2) is 16.0 Å². The summed E-state index contributed by atoms with van der Waals surface area (Å²) in [5.41, 5.74) is -0.285. The highest BCUT2D eigenvalue weighted by molar-refractivity contribution is 9.10. The lowest BCUT2D eigenvalue weighted by atomic mass is 10.2. The van der Waals surface area contributed by atoms with E-state index in [4.69, 9.17) is 0 Å². The van der Waals surface area contributed by atoms with Gasteiger partial charge in [-0.05, 0) is 18.2 Å². The Balaban J connectivity index is 2.12. The second-order valence-corrected chi connectivity index (χ2v) is 4.95. The maximum Gasteiger partial charge on any atom is 0.251 e. The molecule has 0 radical (unpaired) electrons. The van der Waals surface area contributed by atoms with Crippen molar-refractivity contribution in [1.82, 2.24) is 10.3 Å². The highest BCUT2D eigenvalue weighted by Crippen LogP contribution is 2.15. The lowest BCUT2D eigenvalue weighted by Crippen LogP contribution is -2.24. The van der Waals surface area contributed by atoms with E-state index in [9.17, 15) is 19.1 Å². The molecule has 2 aromatic rings. The Bertz CT molecular complexity index is 715. The van der Waals surface area contributed by atoms with Crippen molar-refractivity contribution < 1.29 is 14.3 Å². The van der Waals surface area contributed by atoms with E-state index in [1.807, 2.05) is 0 Å². The second-order valence-electron chi connectivity index (χ2n) is 4.04. The Hall–Kier alpha value is -2.15. The molecule has 2 rings (SSSR count). The van der Waals surface area contributed by atoms with Gasteiger partial charge >= 0.3 is 0 Å². The molecular weight excluding hydrogens is 331 g/mol. The fourth-order valence-electron chi connectivity index (χ4n) is 1.62. The van der Waals surface area contributed by atoms with Crippen LogP contribution in [0, 0.1) is 5.82 Å². The number of aromatic hydroxyl groups is 1. The molecule has 7 heteroatoms. The second kappa shape index (κ2) is 5.87. The molecule has 1 aromatic carbocycles. The van der Waals surface area contributed by atoms with Crippen molar-refractivity contribution in [2.75, 3.05) is 0 Å². The van der Waals surface area contributed by atoms with Crippen LogP contribution in [0.3, 0.4) is 0 Å². The molecule has 104 valence electrons. The zero-order valence-electron chi connectivity index (χ0n) is 10.1. The predicted octanol–water partition coefficient (Wildman–Crippen LogP) is 1.91. The quantitative estimate of drug-likeness (QED) is 0.798. The fraction of sp³-hybridized carbons (Fsp3) is 0.0769. The molecule has 0 aliphatic heterocycles. The topological polar surface area (TPSA) is 82.2 Å². The lowest BCUT2D eigenvalue weighted by molar-refractivity contribution is 0.0950. The normalized spacial score (nSPS) is 10.3. The van der Waals surface area contributed by atoms with E-state index >= 15 is 0 Å². The van der Waals surface area contributed by atoms with Gasteiger partial charge in [-0.3, -0.25) is 14.6 Å². The maximum absolute atomic E-state index is 13.5. The molecule has 0 saturated heterocycles. The van der Waals surface area contributed by atoms with Crippen molar-refractivity contribution in [3.8, 4) is 5.88 Å². The smallest absolute Gasteiger partial charge is 0.251 e. The molecular formula is C13H10BrFN2O3. The van der Waals surface area contributed by atoms with Crippen molar-refractivity contribution in [2.45, 2.75) is 6.54 Å². The van der Waals surface area contributed by atoms with Crippen molar-refractivity contribution in [3.63, 3.8) is 0 Å². The van der Waals surface area contributed by atoms with E-state index in [1.165, 1.54) is 6.07 Å². The summed E-state index contributed by atoms with van der Waals surface area (Å²) in [5, 5.41) is 11.7. The largest absolute Gasteiger partial charge is 0.494 e. The average molecular weight is 341 g/mol. The number of aromatic amines is 1. The van der Waals surface area contributed by atoms with Crippen LogP contribution in [-0.2, 0) is 6.54 Å². The van der Waals surface area contributed by atoms with Gasteiger partial charge in [0.15, 0.2) is 5.88 Å². The molecule has 0 bridgehead atoms. The summed E-state index contributed by atoms with van der Waals surface area (Å²) in [5.74, 6) is -1.43. The predicted molar refractivity (Wildman–Crippen MR) is 74.0 cm³/mol. The van der Waals surface area contributed by atoms with Gasteiger partial charge in [0, 0.05) is 28.7 Å². The molecule has 20 heavy (non-hydrogen) atoms. The number of rotatable bonds is 3. The SMILES string of the molecule is O=C(NCc1cc(Br)ccc1F)c1cc(O)[nH]c(=O)c1. The molecule has 0 aliphatic carbocycles. The summed E-state index contributed by atoms with van der Waals surface area (Å²) in [4.78, 5) is 25.0. The van der Waals surface area contributed by atoms with Crippen LogP contribution in [0.15, 0.2) is 39.6 Å². The average Bonchev–Trinajstić information content (AvgIpc) is 2.38. The van der Waals surface area contributed by atoms with Gasteiger partial charge in [0.1, 0.15) is 5.82 Å². The number of carbonyl (C=O) groups is 1. The summed E-state index contributed by atoms with van der Waals surface area (Å²) < 4.78 is 14.2. The summed E-state index contributed by atoms with van der Waals surface area (Å²) in [7, 11) is 0. The molecule has 0 spiro atoms. The van der Waals surface area contributed by atoms with Crippen LogP contribution in [0.25, 0.3) is 0 Å². The minimum Gasteiger partial charge on any atom is -0.494 e. The highest BCUT2D eigenvalue weighted by atomic mass is 79.9. The minimum absolute atomic E-state index is 0.00153. The summed E-state index contributed by atoms with van der Waals surface area (Å²) >= 11 is 3.21. The number of hydrogen-bond acceptors (Lipinski definition) is 3. The highest BCUT2D eigenvalue weighted by Gasteiger charge is 2.09. The molecule has 0 fully saturated rings. The van der Waals surface area contributed by atoms with Crippen LogP contribution in [0.5, 0.6) is 5.88 Å². The summed E-state index contributed by atoms with van der Waals surface area (Å²) in [6, 6.07) is 6.55. The minimum atomic E-state index is -0.594. The Morgan fingerprint density at radius 3 is 2.80 bits per heavy atom. The standard InChI is InChI=1S/C13H10BrFN2O3/c14-9-1-2-10(15)8(3-9)6-16-13(20)7-4-11(18)17-12(19)5-7/h1-5H,6H2,(H,16,20)(H2,17,18,19). The first-order valence-corrected chi connectivity index (χ1v) is 6.40. The third kappa shape index (κ3) is 3.45. The van der Waals surface area contributed by atoms with Gasteiger partial charge in [-0.25, -0.2) is 4.39 Å². The number of carbonyl (C=O) groups excluding carboxylic acids is 1. The van der Waals surface area contributed by atoms with Gasteiger partial charge in [0.05, 0.1) is 5.56 Å². The molecule has 1 amide bonds. The van der Waals surface area contributed by atoms with E-state index in [-0.39, 0.29) is 12.1 Å². The Labute approximate surface area is 121 Å². The van der Waals surface area contributed by atoms with E-state index in [1.54, 1.807) is 12.1 Å². The number of aromatic nitrogens is 1. The zero-order valence-corrected chi connectivity index (χ0v) is 11.7. The number of H-pyrrole nitrogens is 1. The first-order valence-electron chi connectivity index (χ1n) is 5.61. The van der Waals surface area contributed by atoms with Crippen molar-refractivity contribution in [2.24, 2.45) is 0 Å². The van der Waals surface area contributed by atoms with E-state index in [0.29, 0.717) is 10.0 Å². The van der Waals surface area contributed by atoms with Gasteiger partial charge in [-0.15, -0.1) is 0 Å². The summed E-state index contributed by atoms with van der Waals surface area (Å²) in [6.07, 6.45) is 0.